The van der Waals surface area contributed by atoms with Gasteiger partial charge in [0.25, 0.3) is 0 Å². The van der Waals surface area contributed by atoms with Crippen molar-refractivity contribution in [1.29, 1.82) is 0 Å². The Hall–Kier alpha value is -1.27. The monoisotopic (exact) mass is 235 g/mol. The Balaban J connectivity index is 2.68. The van der Waals surface area contributed by atoms with Gasteiger partial charge in [-0.2, -0.15) is 13.2 Å². The fourth-order valence-electron chi connectivity index (χ4n) is 1.11. The van der Waals surface area contributed by atoms with Crippen LogP contribution < -0.4 is 5.32 Å². The summed E-state index contributed by atoms with van der Waals surface area (Å²) < 4.78 is 36.9. The molecule has 3 nitrogen and oxygen atoms in total. The van der Waals surface area contributed by atoms with E-state index in [0.717, 1.165) is 12.1 Å². The SMILES string of the molecule is OCC(O)CNc1cccc(C(F)(F)F)c1. The third-order valence-electron chi connectivity index (χ3n) is 1.94. The summed E-state index contributed by atoms with van der Waals surface area (Å²) in [5.74, 6) is 0. The van der Waals surface area contributed by atoms with Crippen LogP contribution in [0.3, 0.4) is 0 Å². The van der Waals surface area contributed by atoms with Crippen molar-refractivity contribution < 1.29 is 23.4 Å². The Morgan fingerprint density at radius 1 is 1.31 bits per heavy atom. The molecule has 1 aromatic carbocycles. The fraction of sp³-hybridized carbons (Fsp3) is 0.400. The van der Waals surface area contributed by atoms with Crippen molar-refractivity contribution >= 4 is 5.69 Å². The minimum absolute atomic E-state index is 0.00217. The maximum absolute atomic E-state index is 12.3. The molecule has 0 fully saturated rings. The number of hydrogen-bond donors (Lipinski definition) is 3. The summed E-state index contributed by atoms with van der Waals surface area (Å²) in [5, 5.41) is 20.1. The third kappa shape index (κ3) is 3.71. The number of anilines is 1. The van der Waals surface area contributed by atoms with Crippen LogP contribution in [0, 0.1) is 0 Å². The predicted molar refractivity (Wildman–Crippen MR) is 53.0 cm³/mol. The number of hydrogen-bond acceptors (Lipinski definition) is 3. The van der Waals surface area contributed by atoms with Crippen molar-refractivity contribution in [2.45, 2.75) is 12.3 Å². The highest BCUT2D eigenvalue weighted by atomic mass is 19.4. The average molecular weight is 235 g/mol. The van der Waals surface area contributed by atoms with E-state index in [4.69, 9.17) is 10.2 Å². The van der Waals surface area contributed by atoms with Gasteiger partial charge >= 0.3 is 6.18 Å². The van der Waals surface area contributed by atoms with E-state index in [-0.39, 0.29) is 12.2 Å². The third-order valence-corrected chi connectivity index (χ3v) is 1.94. The zero-order valence-corrected chi connectivity index (χ0v) is 8.33. The molecule has 0 heterocycles. The number of aliphatic hydroxyl groups excluding tert-OH is 2. The van der Waals surface area contributed by atoms with Crippen LogP contribution in [-0.2, 0) is 6.18 Å². The fourth-order valence-corrected chi connectivity index (χ4v) is 1.11. The number of rotatable bonds is 4. The number of nitrogens with one attached hydrogen (secondary N) is 1. The lowest BCUT2D eigenvalue weighted by Crippen LogP contribution is -2.23. The molecule has 1 unspecified atom stereocenters. The molecule has 1 atom stereocenters. The predicted octanol–water partition coefficient (Wildman–Crippen LogP) is 1.47. The van der Waals surface area contributed by atoms with Crippen molar-refractivity contribution in [1.82, 2.24) is 0 Å². The van der Waals surface area contributed by atoms with Crippen molar-refractivity contribution in [2.24, 2.45) is 0 Å². The summed E-state index contributed by atoms with van der Waals surface area (Å²) in [7, 11) is 0. The molecule has 0 aliphatic rings. The smallest absolute Gasteiger partial charge is 0.394 e. The lowest BCUT2D eigenvalue weighted by molar-refractivity contribution is -0.137. The zero-order chi connectivity index (χ0) is 12.2. The Kier molecular flexibility index (Phi) is 4.14. The molecule has 0 radical (unpaired) electrons. The van der Waals surface area contributed by atoms with E-state index in [9.17, 15) is 13.2 Å². The Labute approximate surface area is 90.5 Å². The van der Waals surface area contributed by atoms with E-state index < -0.39 is 24.5 Å². The van der Waals surface area contributed by atoms with Gasteiger partial charge in [-0.05, 0) is 18.2 Å². The number of aliphatic hydroxyl groups is 2. The van der Waals surface area contributed by atoms with Gasteiger partial charge in [0.05, 0.1) is 18.3 Å². The van der Waals surface area contributed by atoms with Crippen LogP contribution in [0.2, 0.25) is 0 Å². The van der Waals surface area contributed by atoms with Crippen LogP contribution in [0.25, 0.3) is 0 Å². The molecule has 0 aliphatic heterocycles. The van der Waals surface area contributed by atoms with Gasteiger partial charge in [0.15, 0.2) is 0 Å². The van der Waals surface area contributed by atoms with E-state index in [0.29, 0.717) is 0 Å². The molecule has 0 saturated carbocycles. The minimum Gasteiger partial charge on any atom is -0.394 e. The molecule has 0 saturated heterocycles. The maximum atomic E-state index is 12.3. The van der Waals surface area contributed by atoms with Crippen LogP contribution in [-0.4, -0.2) is 29.5 Å². The second-order valence-electron chi connectivity index (χ2n) is 3.30. The molecule has 3 N–H and O–H groups in total. The lowest BCUT2D eigenvalue weighted by atomic mass is 10.2. The van der Waals surface area contributed by atoms with Crippen LogP contribution in [0.5, 0.6) is 0 Å². The number of halogens is 3. The first-order chi connectivity index (χ1) is 7.43. The van der Waals surface area contributed by atoms with Crippen LogP contribution in [0.15, 0.2) is 24.3 Å². The van der Waals surface area contributed by atoms with Crippen LogP contribution in [0.4, 0.5) is 18.9 Å². The van der Waals surface area contributed by atoms with Gasteiger partial charge in [-0.3, -0.25) is 0 Å². The highest BCUT2D eigenvalue weighted by Gasteiger charge is 2.30. The first kappa shape index (κ1) is 12.8. The molecule has 0 bridgehead atoms. The molecule has 0 amide bonds. The summed E-state index contributed by atoms with van der Waals surface area (Å²) in [4.78, 5) is 0. The van der Waals surface area contributed by atoms with Gasteiger partial charge in [-0.15, -0.1) is 0 Å². The van der Waals surface area contributed by atoms with Gasteiger partial charge in [-0.25, -0.2) is 0 Å². The molecule has 0 spiro atoms. The van der Waals surface area contributed by atoms with Crippen molar-refractivity contribution in [2.75, 3.05) is 18.5 Å². The number of alkyl halides is 3. The molecule has 6 heteroatoms. The van der Waals surface area contributed by atoms with Crippen molar-refractivity contribution in [3.8, 4) is 0 Å². The number of benzene rings is 1. The summed E-state index contributed by atoms with van der Waals surface area (Å²) in [6, 6.07) is 4.65. The molecular formula is C10H12F3NO2. The topological polar surface area (TPSA) is 52.5 Å². The maximum Gasteiger partial charge on any atom is 0.416 e. The normalized spacial score (nSPS) is 13.6. The Morgan fingerprint density at radius 3 is 2.56 bits per heavy atom. The van der Waals surface area contributed by atoms with Gasteiger partial charge in [0.2, 0.25) is 0 Å². The Morgan fingerprint density at radius 2 is 2.00 bits per heavy atom. The summed E-state index contributed by atoms with van der Waals surface area (Å²) in [6.45, 7) is -0.441. The first-order valence-corrected chi connectivity index (χ1v) is 4.63. The van der Waals surface area contributed by atoms with Gasteiger partial charge in [0.1, 0.15) is 0 Å². The second-order valence-corrected chi connectivity index (χ2v) is 3.30. The van der Waals surface area contributed by atoms with Crippen molar-refractivity contribution in [3.63, 3.8) is 0 Å². The van der Waals surface area contributed by atoms with Crippen LogP contribution in [0.1, 0.15) is 5.56 Å². The van der Waals surface area contributed by atoms with E-state index in [2.05, 4.69) is 5.32 Å². The highest BCUT2D eigenvalue weighted by Crippen LogP contribution is 2.30. The standard InChI is InChI=1S/C10H12F3NO2/c11-10(12,13)7-2-1-3-8(4-7)14-5-9(16)6-15/h1-4,9,14-16H,5-6H2. The minimum atomic E-state index is -4.38. The molecule has 90 valence electrons. The molecule has 16 heavy (non-hydrogen) atoms. The van der Waals surface area contributed by atoms with E-state index in [1.807, 2.05) is 0 Å². The zero-order valence-electron chi connectivity index (χ0n) is 8.33. The lowest BCUT2D eigenvalue weighted by Gasteiger charge is -2.12. The van der Waals surface area contributed by atoms with E-state index in [1.165, 1.54) is 12.1 Å². The molecular weight excluding hydrogens is 223 g/mol. The second kappa shape index (κ2) is 5.18. The average Bonchev–Trinajstić information content (AvgIpc) is 2.25. The molecule has 1 rings (SSSR count). The summed E-state index contributed by atoms with van der Waals surface area (Å²) in [6.07, 6.45) is -5.37. The van der Waals surface area contributed by atoms with Gasteiger partial charge < -0.3 is 15.5 Å². The largest absolute Gasteiger partial charge is 0.416 e. The summed E-state index contributed by atoms with van der Waals surface area (Å²) >= 11 is 0. The highest BCUT2D eigenvalue weighted by molar-refractivity contribution is 5.46. The summed E-state index contributed by atoms with van der Waals surface area (Å²) in [5.41, 5.74) is -0.502. The Bertz CT molecular complexity index is 341. The molecule has 1 aromatic rings. The van der Waals surface area contributed by atoms with Crippen LogP contribution >= 0.6 is 0 Å². The first-order valence-electron chi connectivity index (χ1n) is 4.63. The van der Waals surface area contributed by atoms with Crippen molar-refractivity contribution in [3.05, 3.63) is 29.8 Å². The quantitative estimate of drug-likeness (QED) is 0.740. The molecule has 0 aromatic heterocycles. The van der Waals surface area contributed by atoms with Gasteiger partial charge in [-0.1, -0.05) is 6.07 Å². The van der Waals surface area contributed by atoms with E-state index >= 15 is 0 Å². The molecule has 0 aliphatic carbocycles. The van der Waals surface area contributed by atoms with Gasteiger partial charge in [0, 0.05) is 12.2 Å². The van der Waals surface area contributed by atoms with E-state index in [1.54, 1.807) is 0 Å².